The molecule has 0 unspecified atom stereocenters. The van der Waals surface area contributed by atoms with Crippen molar-refractivity contribution in [2.45, 2.75) is 18.9 Å². The molecule has 2 aliphatic heterocycles. The van der Waals surface area contributed by atoms with Crippen molar-refractivity contribution in [2.24, 2.45) is 16.6 Å². The first-order valence-electron chi connectivity index (χ1n) is 5.60. The normalized spacial score (nSPS) is 31.5. The molecule has 84 valence electrons. The van der Waals surface area contributed by atoms with Crippen LogP contribution in [0.25, 0.3) is 0 Å². The molecule has 0 aromatic carbocycles. The van der Waals surface area contributed by atoms with E-state index in [4.69, 9.17) is 10.5 Å². The summed E-state index contributed by atoms with van der Waals surface area (Å²) in [5.41, 5.74) is 5.85. The van der Waals surface area contributed by atoms with Gasteiger partial charge in [-0.15, -0.1) is 6.58 Å². The summed E-state index contributed by atoms with van der Waals surface area (Å²) in [5.74, 6) is 1.15. The highest BCUT2D eigenvalue weighted by Gasteiger charge is 2.25. The first-order chi connectivity index (χ1) is 7.31. The lowest BCUT2D eigenvalue weighted by Gasteiger charge is -2.31. The lowest BCUT2D eigenvalue weighted by atomic mass is 10.0. The second-order valence-corrected chi connectivity index (χ2v) is 4.16. The summed E-state index contributed by atoms with van der Waals surface area (Å²) in [5, 5.41) is 0. The van der Waals surface area contributed by atoms with Crippen molar-refractivity contribution in [3.05, 3.63) is 12.7 Å². The van der Waals surface area contributed by atoms with Crippen molar-refractivity contribution in [3.63, 3.8) is 0 Å². The maximum absolute atomic E-state index is 5.85. The zero-order valence-corrected chi connectivity index (χ0v) is 9.06. The average Bonchev–Trinajstić information content (AvgIpc) is 2.58. The number of guanidine groups is 1. The maximum atomic E-state index is 5.85. The van der Waals surface area contributed by atoms with E-state index in [0.717, 1.165) is 32.7 Å². The van der Waals surface area contributed by atoms with Crippen LogP contribution < -0.4 is 5.73 Å². The molecule has 4 nitrogen and oxygen atoms in total. The minimum absolute atomic E-state index is 0.165. The average molecular weight is 209 g/mol. The predicted molar refractivity (Wildman–Crippen MR) is 60.7 cm³/mol. The Morgan fingerprint density at radius 3 is 3.00 bits per heavy atom. The van der Waals surface area contributed by atoms with Gasteiger partial charge in [-0.25, -0.2) is 0 Å². The summed E-state index contributed by atoms with van der Waals surface area (Å²) in [7, 11) is 0. The van der Waals surface area contributed by atoms with Gasteiger partial charge >= 0.3 is 0 Å². The Kier molecular flexibility index (Phi) is 3.26. The summed E-state index contributed by atoms with van der Waals surface area (Å²) in [6.45, 7) is 7.46. The molecule has 0 saturated carbocycles. The lowest BCUT2D eigenvalue weighted by Crippen LogP contribution is -2.46. The maximum Gasteiger partial charge on any atom is 0.191 e. The SMILES string of the molecule is C=C[C@@H]1OCC[C@H]1CN=C(N)N1CCC1. The Balaban J connectivity index is 1.82. The number of ether oxygens (including phenoxy) is 1. The molecule has 4 heteroatoms. The summed E-state index contributed by atoms with van der Waals surface area (Å²) in [6, 6.07) is 0. The molecule has 2 fully saturated rings. The van der Waals surface area contributed by atoms with Gasteiger partial charge in [-0.1, -0.05) is 6.08 Å². The van der Waals surface area contributed by atoms with Gasteiger partial charge in [0.2, 0.25) is 0 Å². The molecule has 0 radical (unpaired) electrons. The highest BCUT2D eigenvalue weighted by molar-refractivity contribution is 5.78. The van der Waals surface area contributed by atoms with E-state index in [9.17, 15) is 0 Å². The molecule has 2 aliphatic rings. The van der Waals surface area contributed by atoms with E-state index in [2.05, 4.69) is 16.5 Å². The van der Waals surface area contributed by atoms with Gasteiger partial charge in [-0.05, 0) is 12.8 Å². The highest BCUT2D eigenvalue weighted by Crippen LogP contribution is 2.21. The number of nitrogens with zero attached hydrogens (tertiary/aromatic N) is 2. The standard InChI is InChI=1S/C11H19N3O/c1-2-10-9(4-7-15-10)8-13-11(12)14-5-3-6-14/h2,9-10H,1,3-8H2,(H2,12,13)/t9-,10-/m0/s1. The zero-order chi connectivity index (χ0) is 10.7. The van der Waals surface area contributed by atoms with E-state index in [0.29, 0.717) is 11.9 Å². The molecule has 0 amide bonds. The third-order valence-corrected chi connectivity index (χ3v) is 3.16. The number of hydrogen-bond donors (Lipinski definition) is 1. The van der Waals surface area contributed by atoms with Crippen molar-refractivity contribution < 1.29 is 4.74 Å². The fraction of sp³-hybridized carbons (Fsp3) is 0.727. The van der Waals surface area contributed by atoms with E-state index in [1.807, 2.05) is 6.08 Å². The van der Waals surface area contributed by atoms with Crippen molar-refractivity contribution in [1.29, 1.82) is 0 Å². The molecule has 2 saturated heterocycles. The molecule has 0 aliphatic carbocycles. The number of nitrogens with two attached hydrogens (primary N) is 1. The van der Waals surface area contributed by atoms with Crippen LogP contribution in [0.2, 0.25) is 0 Å². The first kappa shape index (κ1) is 10.5. The fourth-order valence-corrected chi connectivity index (χ4v) is 1.97. The zero-order valence-electron chi connectivity index (χ0n) is 9.06. The summed E-state index contributed by atoms with van der Waals surface area (Å²) in [6.07, 6.45) is 4.33. The third-order valence-electron chi connectivity index (χ3n) is 3.16. The molecule has 0 aromatic heterocycles. The molecule has 0 bridgehead atoms. The van der Waals surface area contributed by atoms with Crippen LogP contribution in [0, 0.1) is 5.92 Å². The second kappa shape index (κ2) is 4.66. The van der Waals surface area contributed by atoms with Crippen molar-refractivity contribution in [1.82, 2.24) is 4.90 Å². The minimum atomic E-state index is 0.165. The monoisotopic (exact) mass is 209 g/mol. The van der Waals surface area contributed by atoms with Crippen molar-refractivity contribution >= 4 is 5.96 Å². The lowest BCUT2D eigenvalue weighted by molar-refractivity contribution is 0.129. The predicted octanol–water partition coefficient (Wildman–Crippen LogP) is 0.598. The van der Waals surface area contributed by atoms with Gasteiger partial charge < -0.3 is 15.4 Å². The molecule has 0 spiro atoms. The third kappa shape index (κ3) is 2.31. The van der Waals surface area contributed by atoms with Crippen molar-refractivity contribution in [3.8, 4) is 0 Å². The molecule has 0 aromatic rings. The smallest absolute Gasteiger partial charge is 0.191 e. The number of rotatable bonds is 3. The van der Waals surface area contributed by atoms with Gasteiger partial charge in [-0.3, -0.25) is 4.99 Å². The topological polar surface area (TPSA) is 50.9 Å². The van der Waals surface area contributed by atoms with Gasteiger partial charge in [-0.2, -0.15) is 0 Å². The second-order valence-electron chi connectivity index (χ2n) is 4.16. The Labute approximate surface area is 90.8 Å². The molecule has 2 atom stereocenters. The number of aliphatic imine (C=N–C) groups is 1. The Bertz CT molecular complexity index is 261. The van der Waals surface area contributed by atoms with Crippen LogP contribution in [-0.4, -0.2) is 43.2 Å². The molecule has 2 N–H and O–H groups in total. The van der Waals surface area contributed by atoms with Crippen LogP contribution in [0.3, 0.4) is 0 Å². The van der Waals surface area contributed by atoms with Crippen LogP contribution in [0.5, 0.6) is 0 Å². The van der Waals surface area contributed by atoms with Crippen molar-refractivity contribution in [2.75, 3.05) is 26.2 Å². The summed E-state index contributed by atoms with van der Waals surface area (Å²) in [4.78, 5) is 6.53. The van der Waals surface area contributed by atoms with Crippen LogP contribution in [0.4, 0.5) is 0 Å². The number of likely N-dealkylation sites (tertiary alicyclic amines) is 1. The van der Waals surface area contributed by atoms with Gasteiger partial charge in [0, 0.05) is 32.2 Å². The van der Waals surface area contributed by atoms with Crippen LogP contribution >= 0.6 is 0 Å². The van der Waals surface area contributed by atoms with Crippen LogP contribution in [0.1, 0.15) is 12.8 Å². The Morgan fingerprint density at radius 2 is 2.40 bits per heavy atom. The molecule has 2 rings (SSSR count). The van der Waals surface area contributed by atoms with Crippen LogP contribution in [0.15, 0.2) is 17.6 Å². The van der Waals surface area contributed by atoms with E-state index in [-0.39, 0.29) is 6.10 Å². The highest BCUT2D eigenvalue weighted by atomic mass is 16.5. The minimum Gasteiger partial charge on any atom is -0.374 e. The number of hydrogen-bond acceptors (Lipinski definition) is 2. The molecule has 15 heavy (non-hydrogen) atoms. The molecular formula is C11H19N3O. The quantitative estimate of drug-likeness (QED) is 0.420. The van der Waals surface area contributed by atoms with E-state index >= 15 is 0 Å². The van der Waals surface area contributed by atoms with E-state index in [1.165, 1.54) is 6.42 Å². The fourth-order valence-electron chi connectivity index (χ4n) is 1.97. The van der Waals surface area contributed by atoms with Gasteiger partial charge in [0.05, 0.1) is 6.10 Å². The van der Waals surface area contributed by atoms with E-state index < -0.39 is 0 Å². The van der Waals surface area contributed by atoms with Gasteiger partial charge in [0.15, 0.2) is 5.96 Å². The summed E-state index contributed by atoms with van der Waals surface area (Å²) >= 11 is 0. The van der Waals surface area contributed by atoms with Gasteiger partial charge in [0.1, 0.15) is 0 Å². The molecule has 2 heterocycles. The van der Waals surface area contributed by atoms with Gasteiger partial charge in [0.25, 0.3) is 0 Å². The Hall–Kier alpha value is -1.03. The Morgan fingerprint density at radius 1 is 1.60 bits per heavy atom. The summed E-state index contributed by atoms with van der Waals surface area (Å²) < 4.78 is 5.51. The first-order valence-corrected chi connectivity index (χ1v) is 5.60. The molecular weight excluding hydrogens is 190 g/mol. The van der Waals surface area contributed by atoms with Crippen LogP contribution in [-0.2, 0) is 4.74 Å². The van der Waals surface area contributed by atoms with E-state index in [1.54, 1.807) is 0 Å². The largest absolute Gasteiger partial charge is 0.374 e.